The van der Waals surface area contributed by atoms with Crippen LogP contribution in [0.4, 0.5) is 5.69 Å². The van der Waals surface area contributed by atoms with Crippen molar-refractivity contribution in [3.05, 3.63) is 192 Å². The van der Waals surface area contributed by atoms with E-state index in [1.807, 2.05) is 52.1 Å². The Morgan fingerprint density at radius 1 is 0.723 bits per heavy atom. The van der Waals surface area contributed by atoms with E-state index in [-0.39, 0.29) is 19.4 Å². The minimum atomic E-state index is 0. The van der Waals surface area contributed by atoms with E-state index < -0.39 is 0 Å². The molecule has 350 valence electrons. The Bertz CT molecular complexity index is 2340. The van der Waals surface area contributed by atoms with Gasteiger partial charge >= 0.3 is 0 Å². The maximum atomic E-state index is 6.23. The van der Waals surface area contributed by atoms with Crippen molar-refractivity contribution in [2.75, 3.05) is 5.73 Å². The molecule has 0 saturated heterocycles. The number of fused-ring (bicyclic) bond motifs is 2. The summed E-state index contributed by atoms with van der Waals surface area (Å²) in [6.45, 7) is 33.3. The van der Waals surface area contributed by atoms with Gasteiger partial charge in [0.05, 0.1) is 0 Å². The van der Waals surface area contributed by atoms with E-state index >= 15 is 0 Å². The lowest BCUT2D eigenvalue weighted by atomic mass is 9.86. The van der Waals surface area contributed by atoms with E-state index in [1.165, 1.54) is 42.2 Å². The molecule has 0 radical (unpaired) electrons. The SMILES string of the molecule is C/C=C\C(C)=C/C(C)C.C/C=C\CCCCC.C=C/C=C\N=C(C)c1c2ccccc2c(C(C)=N/C=C\C=C\CC)c2cc(C(C)/C=C\C(=C/C)c3ccc(C)c(N)c3)ccc12.CC.S. The number of rotatable bonds is 17. The Morgan fingerprint density at radius 3 is 1.88 bits per heavy atom. The first-order valence-corrected chi connectivity index (χ1v) is 23.7. The van der Waals surface area contributed by atoms with Gasteiger partial charge in [0.15, 0.2) is 0 Å². The summed E-state index contributed by atoms with van der Waals surface area (Å²) in [4.78, 5) is 9.68. The van der Waals surface area contributed by atoms with Gasteiger partial charge in [0.2, 0.25) is 0 Å². The molecule has 0 heterocycles. The highest BCUT2D eigenvalue weighted by Crippen LogP contribution is 2.36. The van der Waals surface area contributed by atoms with E-state index in [0.29, 0.717) is 5.92 Å². The maximum absolute atomic E-state index is 6.23. The predicted octanol–water partition coefficient (Wildman–Crippen LogP) is 18.9. The highest BCUT2D eigenvalue weighted by atomic mass is 32.1. The molecule has 4 rings (SSSR count). The van der Waals surface area contributed by atoms with Crippen molar-refractivity contribution >= 4 is 57.7 Å². The van der Waals surface area contributed by atoms with Crippen LogP contribution in [-0.2, 0) is 0 Å². The van der Waals surface area contributed by atoms with Gasteiger partial charge in [-0.2, -0.15) is 13.5 Å². The standard InChI is InChI=1S/C42H45N3.C9H16.C8H16.C2H6.H2S/c1-8-11-13-16-26-45-32(7)42-37-18-15-14-17-36(37)41(31(6)44-25-12-9-2)38-24-23-34(27-39(38)42)29(4)19-21-33(10-3)35-22-20-30(5)40(43)28-35;1-5-6-9(4)7-8(2)3;1-3-5-7-8-6-4-2;1-2;/h9-29H,2,8,43H2,1,3-7H3;5-8H,1-4H3;3,5H,4,6-8H2,1-2H3;1-2H3;1H2/b13-11+,21-19-,25-12-,26-16-,33-10+,44-31?,45-32?;6-5-,9-7-;5-3-;;. The second-order valence-corrected chi connectivity index (χ2v) is 16.0. The number of hydrogen-bond donors (Lipinski definition) is 1. The second-order valence-electron chi connectivity index (χ2n) is 16.0. The number of aryl methyl sites for hydroxylation is 1. The molecule has 0 fully saturated rings. The molecule has 65 heavy (non-hydrogen) atoms. The third-order valence-corrected chi connectivity index (χ3v) is 10.3. The fraction of sp³-hybridized carbons (Fsp3) is 0.344. The van der Waals surface area contributed by atoms with Crippen LogP contribution in [0, 0.1) is 12.8 Å². The normalized spacial score (nSPS) is 13.2. The van der Waals surface area contributed by atoms with Gasteiger partial charge in [0.25, 0.3) is 0 Å². The maximum Gasteiger partial charge on any atom is 0.0457 e. The number of nitrogens with two attached hydrogens (primary N) is 1. The topological polar surface area (TPSA) is 50.7 Å². The first kappa shape index (κ1) is 59.6. The van der Waals surface area contributed by atoms with Crippen molar-refractivity contribution in [3.8, 4) is 0 Å². The van der Waals surface area contributed by atoms with Gasteiger partial charge in [-0.15, -0.1) is 0 Å². The molecule has 0 saturated carbocycles. The number of nitrogen functional groups attached to an aromatic ring is 1. The third kappa shape index (κ3) is 20.9. The lowest BCUT2D eigenvalue weighted by Gasteiger charge is -2.18. The molecule has 0 aliphatic carbocycles. The van der Waals surface area contributed by atoms with Gasteiger partial charge in [-0.3, -0.25) is 9.98 Å². The van der Waals surface area contributed by atoms with Crippen molar-refractivity contribution in [2.24, 2.45) is 15.9 Å². The summed E-state index contributed by atoms with van der Waals surface area (Å²) < 4.78 is 0. The quantitative estimate of drug-likeness (QED) is 0.0282. The average molecular weight is 892 g/mol. The van der Waals surface area contributed by atoms with Crippen LogP contribution in [0.25, 0.3) is 27.1 Å². The fourth-order valence-electron chi connectivity index (χ4n) is 7.08. The average Bonchev–Trinajstić information content (AvgIpc) is 3.28. The number of allylic oxidation sites excluding steroid dienone is 15. The summed E-state index contributed by atoms with van der Waals surface area (Å²) >= 11 is 0. The molecular weight excluding hydrogens is 807 g/mol. The summed E-state index contributed by atoms with van der Waals surface area (Å²) in [5.41, 5.74) is 17.2. The number of unbranched alkanes of at least 4 members (excludes halogenated alkanes) is 3. The van der Waals surface area contributed by atoms with E-state index in [9.17, 15) is 0 Å². The molecule has 0 aromatic heterocycles. The number of aliphatic imine (C=N–C) groups is 2. The van der Waals surface area contributed by atoms with Crippen molar-refractivity contribution in [3.63, 3.8) is 0 Å². The number of anilines is 1. The molecule has 2 N–H and O–H groups in total. The summed E-state index contributed by atoms with van der Waals surface area (Å²) in [6, 6.07) is 21.7. The van der Waals surface area contributed by atoms with Crippen LogP contribution in [0.15, 0.2) is 174 Å². The monoisotopic (exact) mass is 892 g/mol. The number of hydrogen-bond acceptors (Lipinski definition) is 3. The van der Waals surface area contributed by atoms with Gasteiger partial charge < -0.3 is 5.73 Å². The first-order chi connectivity index (χ1) is 30.9. The summed E-state index contributed by atoms with van der Waals surface area (Å²) in [5, 5.41) is 4.65. The van der Waals surface area contributed by atoms with Crippen LogP contribution < -0.4 is 5.73 Å². The lowest BCUT2D eigenvalue weighted by molar-refractivity contribution is 0.729. The molecule has 0 bridgehead atoms. The van der Waals surface area contributed by atoms with Crippen LogP contribution in [0.1, 0.15) is 156 Å². The Labute approximate surface area is 404 Å². The highest BCUT2D eigenvalue weighted by molar-refractivity contribution is 7.59. The Hall–Kier alpha value is -5.45. The van der Waals surface area contributed by atoms with Crippen molar-refractivity contribution in [1.82, 2.24) is 0 Å². The minimum absolute atomic E-state index is 0. The van der Waals surface area contributed by atoms with Gasteiger partial charge in [-0.25, -0.2) is 0 Å². The van der Waals surface area contributed by atoms with Crippen LogP contribution >= 0.6 is 13.5 Å². The molecule has 4 aromatic carbocycles. The van der Waals surface area contributed by atoms with E-state index in [4.69, 9.17) is 15.7 Å². The molecular formula is C61H85N3S. The highest BCUT2D eigenvalue weighted by Gasteiger charge is 2.18. The van der Waals surface area contributed by atoms with E-state index in [0.717, 1.165) is 67.5 Å². The largest absolute Gasteiger partial charge is 0.398 e. The summed E-state index contributed by atoms with van der Waals surface area (Å²) in [5.74, 6) is 0.845. The molecule has 0 amide bonds. The molecule has 0 spiro atoms. The van der Waals surface area contributed by atoms with Crippen molar-refractivity contribution in [1.29, 1.82) is 0 Å². The predicted molar refractivity (Wildman–Crippen MR) is 305 cm³/mol. The van der Waals surface area contributed by atoms with Gasteiger partial charge in [-0.1, -0.05) is 189 Å². The Morgan fingerprint density at radius 2 is 1.34 bits per heavy atom. The van der Waals surface area contributed by atoms with Crippen LogP contribution in [0.3, 0.4) is 0 Å². The lowest BCUT2D eigenvalue weighted by Crippen LogP contribution is -2.05. The number of nitrogens with zero attached hydrogens (tertiary/aromatic N) is 2. The molecule has 0 aliphatic heterocycles. The second kappa shape index (κ2) is 34.9. The van der Waals surface area contributed by atoms with Crippen LogP contribution in [0.5, 0.6) is 0 Å². The zero-order valence-corrected chi connectivity index (χ0v) is 43.8. The Balaban J connectivity index is 0.00000172. The van der Waals surface area contributed by atoms with Gasteiger partial charge in [0.1, 0.15) is 0 Å². The zero-order valence-electron chi connectivity index (χ0n) is 42.8. The zero-order chi connectivity index (χ0) is 47.9. The smallest absolute Gasteiger partial charge is 0.0457 e. The fourth-order valence-corrected chi connectivity index (χ4v) is 7.08. The molecule has 1 atom stereocenters. The van der Waals surface area contributed by atoms with E-state index in [1.54, 1.807) is 12.3 Å². The summed E-state index contributed by atoms with van der Waals surface area (Å²) in [7, 11) is 0. The van der Waals surface area contributed by atoms with Crippen molar-refractivity contribution in [2.45, 2.75) is 135 Å². The molecule has 1 unspecified atom stereocenters. The van der Waals surface area contributed by atoms with Gasteiger partial charge in [-0.05, 0) is 148 Å². The van der Waals surface area contributed by atoms with Crippen LogP contribution in [0.2, 0.25) is 0 Å². The molecule has 0 aliphatic rings. The van der Waals surface area contributed by atoms with Crippen molar-refractivity contribution < 1.29 is 0 Å². The van der Waals surface area contributed by atoms with E-state index in [2.05, 4.69) is 191 Å². The summed E-state index contributed by atoms with van der Waals surface area (Å²) in [6.07, 6.45) is 37.2. The molecule has 4 aromatic rings. The van der Waals surface area contributed by atoms with Crippen LogP contribution in [-0.4, -0.2) is 11.4 Å². The Kier molecular flexibility index (Phi) is 32.0. The minimum Gasteiger partial charge on any atom is -0.398 e. The first-order valence-electron chi connectivity index (χ1n) is 23.7. The molecule has 3 nitrogen and oxygen atoms in total. The van der Waals surface area contributed by atoms with Gasteiger partial charge in [0, 0.05) is 40.6 Å². The molecule has 4 heteroatoms. The number of benzene rings is 4. The third-order valence-electron chi connectivity index (χ3n) is 10.3.